The van der Waals surface area contributed by atoms with Crippen molar-refractivity contribution in [3.05, 3.63) is 0 Å². The van der Waals surface area contributed by atoms with Crippen LogP contribution in [-0.2, 0) is 18.4 Å². The highest BCUT2D eigenvalue weighted by Crippen LogP contribution is 2.43. The first-order valence-electron chi connectivity index (χ1n) is 25.2. The third kappa shape index (κ3) is 43.4. The van der Waals surface area contributed by atoms with Gasteiger partial charge in [0, 0.05) is 13.0 Å². The van der Waals surface area contributed by atoms with E-state index in [1.54, 1.807) is 0 Å². The molecular formula is C48H99N2O6P. The summed E-state index contributed by atoms with van der Waals surface area (Å²) in [5, 5.41) is 13.9. The van der Waals surface area contributed by atoms with Crippen molar-refractivity contribution >= 4 is 13.7 Å². The Kier molecular flexibility index (Phi) is 44.6. The molecule has 8 nitrogen and oxygen atoms in total. The number of carbonyl (C=O) groups is 1. The van der Waals surface area contributed by atoms with Gasteiger partial charge in [-0.25, -0.2) is 4.57 Å². The number of rotatable bonds is 48. The molecule has 0 spiro atoms. The van der Waals surface area contributed by atoms with Gasteiger partial charge in [0.1, 0.15) is 0 Å². The van der Waals surface area contributed by atoms with Crippen LogP contribution in [0.4, 0.5) is 0 Å². The molecule has 0 heterocycles. The number of phosphoric acid groups is 1. The van der Waals surface area contributed by atoms with E-state index in [1.807, 2.05) is 0 Å². The van der Waals surface area contributed by atoms with Crippen LogP contribution in [0.5, 0.6) is 0 Å². The number of aliphatic hydroxyl groups is 1. The molecule has 0 aromatic heterocycles. The molecule has 1 amide bonds. The molecule has 9 heteroatoms. The molecule has 0 bridgehead atoms. The Hall–Kier alpha value is -0.500. The zero-order valence-electron chi connectivity index (χ0n) is 38.1. The number of carbonyl (C=O) groups excluding carboxylic acids is 1. The van der Waals surface area contributed by atoms with Crippen molar-refractivity contribution < 1.29 is 28.4 Å². The SMILES string of the molecule is CCCCCCCCCCCCCCCCCCCCCCCCC(=O)NC(COP(=O)(O)OCCN)C(O)CCCCCCCCCCCCCCCCCC. The zero-order valence-corrected chi connectivity index (χ0v) is 39.0. The first-order chi connectivity index (χ1) is 27.9. The van der Waals surface area contributed by atoms with Gasteiger partial charge in [0.15, 0.2) is 0 Å². The molecule has 0 aromatic carbocycles. The van der Waals surface area contributed by atoms with E-state index < -0.39 is 20.0 Å². The Balaban J connectivity index is 3.99. The highest BCUT2D eigenvalue weighted by Gasteiger charge is 2.27. The molecule has 0 aliphatic heterocycles. The van der Waals surface area contributed by atoms with Crippen molar-refractivity contribution in [1.29, 1.82) is 0 Å². The predicted molar refractivity (Wildman–Crippen MR) is 245 cm³/mol. The van der Waals surface area contributed by atoms with Crippen LogP contribution < -0.4 is 11.1 Å². The molecule has 3 unspecified atom stereocenters. The maximum atomic E-state index is 12.8. The standard InChI is InChI=1S/C48H99N2O6P/c1-3-5-7-9-11-13-15-17-19-21-22-23-24-25-26-28-30-32-34-36-38-40-42-48(52)50-46(45-56-57(53,54)55-44-43-49)47(51)41-39-37-35-33-31-29-27-20-18-16-14-12-10-8-6-4-2/h46-47,51H,3-45,49H2,1-2H3,(H,50,52)(H,53,54). The number of nitrogens with two attached hydrogens (primary N) is 1. The Labute approximate surface area is 354 Å². The molecule has 0 aliphatic rings. The fourth-order valence-corrected chi connectivity index (χ4v) is 8.66. The lowest BCUT2D eigenvalue weighted by atomic mass is 10.0. The summed E-state index contributed by atoms with van der Waals surface area (Å²) < 4.78 is 22.3. The molecule has 0 aliphatic carbocycles. The molecule has 0 aromatic rings. The Morgan fingerprint density at radius 2 is 0.807 bits per heavy atom. The summed E-state index contributed by atoms with van der Waals surface area (Å²) >= 11 is 0. The second kappa shape index (κ2) is 45.0. The van der Waals surface area contributed by atoms with E-state index in [0.717, 1.165) is 38.5 Å². The van der Waals surface area contributed by atoms with E-state index >= 15 is 0 Å². The van der Waals surface area contributed by atoms with Gasteiger partial charge in [-0.05, 0) is 12.8 Å². The Bertz CT molecular complexity index is 865. The van der Waals surface area contributed by atoms with Crippen LogP contribution >= 0.6 is 7.82 Å². The van der Waals surface area contributed by atoms with Crippen molar-refractivity contribution in [3.63, 3.8) is 0 Å². The van der Waals surface area contributed by atoms with Gasteiger partial charge in [-0.3, -0.25) is 13.8 Å². The second-order valence-corrected chi connectivity index (χ2v) is 18.8. The third-order valence-corrected chi connectivity index (χ3v) is 12.7. The summed E-state index contributed by atoms with van der Waals surface area (Å²) in [5.74, 6) is -0.154. The van der Waals surface area contributed by atoms with Crippen LogP contribution in [0.1, 0.15) is 271 Å². The molecule has 0 saturated heterocycles. The fraction of sp³-hybridized carbons (Fsp3) is 0.979. The van der Waals surface area contributed by atoms with Gasteiger partial charge in [-0.2, -0.15) is 0 Å². The Morgan fingerprint density at radius 3 is 1.12 bits per heavy atom. The summed E-state index contributed by atoms with van der Waals surface area (Å²) in [4.78, 5) is 22.8. The van der Waals surface area contributed by atoms with Crippen molar-refractivity contribution in [3.8, 4) is 0 Å². The normalized spacial score (nSPS) is 13.8. The van der Waals surface area contributed by atoms with Crippen molar-refractivity contribution in [2.24, 2.45) is 5.73 Å². The minimum atomic E-state index is -4.31. The van der Waals surface area contributed by atoms with Crippen LogP contribution in [0.15, 0.2) is 0 Å². The van der Waals surface area contributed by atoms with Gasteiger partial charge < -0.3 is 21.1 Å². The van der Waals surface area contributed by atoms with Crippen LogP contribution in [0, 0.1) is 0 Å². The summed E-state index contributed by atoms with van der Waals surface area (Å²) in [5.41, 5.74) is 5.40. The molecular weight excluding hydrogens is 732 g/mol. The van der Waals surface area contributed by atoms with Crippen molar-refractivity contribution in [1.82, 2.24) is 5.32 Å². The number of aliphatic hydroxyl groups excluding tert-OH is 1. The average Bonchev–Trinajstić information content (AvgIpc) is 3.20. The van der Waals surface area contributed by atoms with Gasteiger partial charge in [0.2, 0.25) is 5.91 Å². The van der Waals surface area contributed by atoms with Crippen LogP contribution in [0.25, 0.3) is 0 Å². The third-order valence-electron chi connectivity index (χ3n) is 11.7. The molecule has 57 heavy (non-hydrogen) atoms. The summed E-state index contributed by atoms with van der Waals surface area (Å²) in [6.45, 7) is 4.26. The lowest BCUT2D eigenvalue weighted by Gasteiger charge is -2.25. The number of hydrogen-bond donors (Lipinski definition) is 4. The number of unbranched alkanes of at least 4 members (excludes halogenated alkanes) is 36. The van der Waals surface area contributed by atoms with Crippen LogP contribution in [0.2, 0.25) is 0 Å². The smallest absolute Gasteiger partial charge is 0.391 e. The van der Waals surface area contributed by atoms with Crippen molar-refractivity contribution in [2.75, 3.05) is 19.8 Å². The number of hydrogen-bond acceptors (Lipinski definition) is 6. The number of phosphoric ester groups is 1. The maximum absolute atomic E-state index is 12.8. The largest absolute Gasteiger partial charge is 0.472 e. The highest BCUT2D eigenvalue weighted by atomic mass is 31.2. The second-order valence-electron chi connectivity index (χ2n) is 17.4. The molecule has 3 atom stereocenters. The quantitative estimate of drug-likeness (QED) is 0.0355. The minimum Gasteiger partial charge on any atom is -0.391 e. The first kappa shape index (κ1) is 56.5. The molecule has 0 saturated carbocycles. The highest BCUT2D eigenvalue weighted by molar-refractivity contribution is 7.47. The minimum absolute atomic E-state index is 0.0927. The first-order valence-corrected chi connectivity index (χ1v) is 26.6. The van der Waals surface area contributed by atoms with Crippen molar-refractivity contribution in [2.45, 2.75) is 283 Å². The Morgan fingerprint density at radius 1 is 0.509 bits per heavy atom. The summed E-state index contributed by atoms with van der Waals surface area (Å²) in [7, 11) is -4.31. The van der Waals surface area contributed by atoms with Gasteiger partial charge in [0.05, 0.1) is 25.4 Å². The number of amides is 1. The maximum Gasteiger partial charge on any atom is 0.472 e. The van der Waals surface area contributed by atoms with Gasteiger partial charge in [-0.15, -0.1) is 0 Å². The van der Waals surface area contributed by atoms with E-state index in [0.29, 0.717) is 12.8 Å². The predicted octanol–water partition coefficient (Wildman–Crippen LogP) is 14.6. The van der Waals surface area contributed by atoms with E-state index in [1.165, 1.54) is 205 Å². The van der Waals surface area contributed by atoms with E-state index in [2.05, 4.69) is 19.2 Å². The van der Waals surface area contributed by atoms with Crippen LogP contribution in [0.3, 0.4) is 0 Å². The van der Waals surface area contributed by atoms with Crippen LogP contribution in [-0.4, -0.2) is 47.8 Å². The molecule has 0 rings (SSSR count). The monoisotopic (exact) mass is 831 g/mol. The molecule has 0 radical (unpaired) electrons. The summed E-state index contributed by atoms with van der Waals surface area (Å²) in [6.07, 6.45) is 49.8. The average molecular weight is 831 g/mol. The number of nitrogens with one attached hydrogen (secondary N) is 1. The van der Waals surface area contributed by atoms with E-state index in [-0.39, 0.29) is 25.7 Å². The summed E-state index contributed by atoms with van der Waals surface area (Å²) in [6, 6.07) is -0.768. The van der Waals surface area contributed by atoms with Gasteiger partial charge in [-0.1, -0.05) is 251 Å². The van der Waals surface area contributed by atoms with Gasteiger partial charge >= 0.3 is 7.82 Å². The molecule has 5 N–H and O–H groups in total. The lowest BCUT2D eigenvalue weighted by Crippen LogP contribution is -2.46. The van der Waals surface area contributed by atoms with E-state index in [4.69, 9.17) is 14.8 Å². The van der Waals surface area contributed by atoms with Gasteiger partial charge in [0.25, 0.3) is 0 Å². The molecule has 0 fully saturated rings. The fourth-order valence-electron chi connectivity index (χ4n) is 7.90. The molecule has 342 valence electrons. The lowest BCUT2D eigenvalue weighted by molar-refractivity contribution is -0.123. The zero-order chi connectivity index (χ0) is 41.8. The van der Waals surface area contributed by atoms with E-state index in [9.17, 15) is 19.4 Å². The topological polar surface area (TPSA) is 131 Å².